The van der Waals surface area contributed by atoms with Crippen molar-refractivity contribution >= 4 is 29.4 Å². The van der Waals surface area contributed by atoms with E-state index in [-0.39, 0.29) is 53.7 Å². The number of hydrogen-bond acceptors (Lipinski definition) is 7. The fraction of sp³-hybridized carbons (Fsp3) is 0.345. The summed E-state index contributed by atoms with van der Waals surface area (Å²) in [5, 5.41) is 8.61. The average molecular weight is 565 g/mol. The van der Waals surface area contributed by atoms with E-state index in [1.165, 1.54) is 6.07 Å². The SMILES string of the molecule is CC(C)(C)OC(=O)N1CC(CNC(=O)Cc2ccc(Nc3nc(-c4c(F)cccc4F)nc4c3C(=O)NC4)cc2)C1. The first-order chi connectivity index (χ1) is 19.5. The number of fused-ring (bicyclic) bond motifs is 1. The van der Waals surface area contributed by atoms with Crippen LogP contribution in [-0.4, -0.2) is 58.0 Å². The molecule has 0 atom stereocenters. The summed E-state index contributed by atoms with van der Waals surface area (Å²) in [6, 6.07) is 10.4. The van der Waals surface area contributed by atoms with E-state index in [1.54, 1.807) is 29.2 Å². The van der Waals surface area contributed by atoms with Gasteiger partial charge >= 0.3 is 6.09 Å². The summed E-state index contributed by atoms with van der Waals surface area (Å²) in [6.07, 6.45) is -0.193. The van der Waals surface area contributed by atoms with Gasteiger partial charge < -0.3 is 25.6 Å². The molecule has 3 aromatic rings. The number of likely N-dealkylation sites (tertiary alicyclic amines) is 1. The van der Waals surface area contributed by atoms with Crippen LogP contribution in [0.15, 0.2) is 42.5 Å². The second-order valence-electron chi connectivity index (χ2n) is 11.1. The number of rotatable bonds is 7. The lowest BCUT2D eigenvalue weighted by atomic mass is 10.0. The van der Waals surface area contributed by atoms with Gasteiger partial charge in [-0.2, -0.15) is 0 Å². The van der Waals surface area contributed by atoms with Gasteiger partial charge in [0.1, 0.15) is 28.6 Å². The van der Waals surface area contributed by atoms with Crippen molar-refractivity contribution in [3.8, 4) is 11.4 Å². The van der Waals surface area contributed by atoms with Crippen LogP contribution in [0.25, 0.3) is 11.4 Å². The Bertz CT molecular complexity index is 1480. The van der Waals surface area contributed by atoms with Gasteiger partial charge in [-0.05, 0) is 50.6 Å². The minimum absolute atomic E-state index is 0.113. The van der Waals surface area contributed by atoms with E-state index in [4.69, 9.17) is 4.74 Å². The molecule has 12 heteroatoms. The number of nitrogens with zero attached hydrogens (tertiary/aromatic N) is 3. The van der Waals surface area contributed by atoms with E-state index in [9.17, 15) is 23.2 Å². The van der Waals surface area contributed by atoms with Crippen LogP contribution in [0.2, 0.25) is 0 Å². The van der Waals surface area contributed by atoms with Crippen LogP contribution < -0.4 is 16.0 Å². The maximum atomic E-state index is 14.4. The summed E-state index contributed by atoms with van der Waals surface area (Å²) in [5.41, 5.74) is 0.936. The topological polar surface area (TPSA) is 126 Å². The summed E-state index contributed by atoms with van der Waals surface area (Å²) < 4.78 is 34.2. The lowest BCUT2D eigenvalue weighted by Gasteiger charge is -2.39. The van der Waals surface area contributed by atoms with E-state index < -0.39 is 23.1 Å². The zero-order valence-corrected chi connectivity index (χ0v) is 22.9. The molecule has 214 valence electrons. The minimum Gasteiger partial charge on any atom is -0.444 e. The quantitative estimate of drug-likeness (QED) is 0.397. The molecule has 3 N–H and O–H groups in total. The molecular weight excluding hydrogens is 534 g/mol. The molecule has 1 aromatic heterocycles. The zero-order chi connectivity index (χ0) is 29.3. The predicted octanol–water partition coefficient (Wildman–Crippen LogP) is 3.93. The molecule has 1 saturated heterocycles. The third-order valence-corrected chi connectivity index (χ3v) is 6.59. The van der Waals surface area contributed by atoms with Gasteiger partial charge in [-0.15, -0.1) is 0 Å². The van der Waals surface area contributed by atoms with Gasteiger partial charge in [0.25, 0.3) is 5.91 Å². The second kappa shape index (κ2) is 11.1. The van der Waals surface area contributed by atoms with Gasteiger partial charge in [0.2, 0.25) is 5.91 Å². The highest BCUT2D eigenvalue weighted by Crippen LogP contribution is 2.30. The molecule has 10 nitrogen and oxygen atoms in total. The van der Waals surface area contributed by atoms with Gasteiger partial charge in [0, 0.05) is 31.2 Å². The van der Waals surface area contributed by atoms with Crippen molar-refractivity contribution in [2.24, 2.45) is 5.92 Å². The summed E-state index contributed by atoms with van der Waals surface area (Å²) in [6.45, 7) is 7.09. The van der Waals surface area contributed by atoms with Crippen molar-refractivity contribution in [1.29, 1.82) is 0 Å². The van der Waals surface area contributed by atoms with Crippen molar-refractivity contribution in [3.63, 3.8) is 0 Å². The second-order valence-corrected chi connectivity index (χ2v) is 11.1. The number of carbonyl (C=O) groups is 3. The Morgan fingerprint density at radius 1 is 1.05 bits per heavy atom. The first kappa shape index (κ1) is 27.9. The fourth-order valence-electron chi connectivity index (χ4n) is 4.56. The number of ether oxygens (including phenoxy) is 1. The van der Waals surface area contributed by atoms with Crippen molar-refractivity contribution < 1.29 is 27.9 Å². The van der Waals surface area contributed by atoms with E-state index >= 15 is 0 Å². The largest absolute Gasteiger partial charge is 0.444 e. The van der Waals surface area contributed by atoms with Crippen LogP contribution in [0, 0.1) is 17.6 Å². The number of anilines is 2. The minimum atomic E-state index is -0.812. The van der Waals surface area contributed by atoms with Gasteiger partial charge in [-0.3, -0.25) is 9.59 Å². The molecule has 0 spiro atoms. The normalized spacial score (nSPS) is 14.7. The standard InChI is InChI=1S/C29H30F2N6O4/c1-29(2,3)41-28(40)37-14-17(15-37)12-32-22(38)11-16-7-9-18(10-8-16)34-26-24-21(13-33-27(24)39)35-25(36-26)23-19(30)5-4-6-20(23)31/h4-10,17H,11-15H2,1-3H3,(H,32,38)(H,33,39)(H,34,35,36). The fourth-order valence-corrected chi connectivity index (χ4v) is 4.56. The number of benzene rings is 2. The number of carbonyl (C=O) groups excluding carboxylic acids is 3. The molecule has 2 aromatic carbocycles. The van der Waals surface area contributed by atoms with E-state index in [2.05, 4.69) is 25.9 Å². The van der Waals surface area contributed by atoms with Crippen molar-refractivity contribution in [2.45, 2.75) is 39.3 Å². The van der Waals surface area contributed by atoms with Gasteiger partial charge in [0.05, 0.1) is 24.2 Å². The Labute approximate surface area is 235 Å². The Hall–Kier alpha value is -4.61. The molecule has 0 radical (unpaired) electrons. The van der Waals surface area contributed by atoms with Crippen LogP contribution in [0.4, 0.5) is 25.1 Å². The Morgan fingerprint density at radius 2 is 1.73 bits per heavy atom. The number of aromatic nitrogens is 2. The van der Waals surface area contributed by atoms with Crippen LogP contribution in [0.1, 0.15) is 42.4 Å². The average Bonchev–Trinajstić information content (AvgIpc) is 3.24. The van der Waals surface area contributed by atoms with E-state index in [0.29, 0.717) is 31.0 Å². The summed E-state index contributed by atoms with van der Waals surface area (Å²) in [5.74, 6) is -2.05. The molecule has 2 aliphatic rings. The maximum Gasteiger partial charge on any atom is 0.410 e. The molecule has 0 bridgehead atoms. The Morgan fingerprint density at radius 3 is 2.39 bits per heavy atom. The number of amides is 3. The molecule has 0 unspecified atom stereocenters. The lowest BCUT2D eigenvalue weighted by molar-refractivity contribution is -0.120. The highest BCUT2D eigenvalue weighted by molar-refractivity contribution is 6.03. The van der Waals surface area contributed by atoms with Gasteiger partial charge in [-0.1, -0.05) is 18.2 Å². The molecular formula is C29H30F2N6O4. The first-order valence-corrected chi connectivity index (χ1v) is 13.2. The molecule has 5 rings (SSSR count). The van der Waals surface area contributed by atoms with Crippen molar-refractivity contribution in [3.05, 3.63) is 70.9 Å². The smallest absolute Gasteiger partial charge is 0.410 e. The molecule has 1 fully saturated rings. The summed E-state index contributed by atoms with van der Waals surface area (Å²) in [7, 11) is 0. The molecule has 3 heterocycles. The highest BCUT2D eigenvalue weighted by Gasteiger charge is 2.33. The number of halogens is 2. The van der Waals surface area contributed by atoms with Crippen LogP contribution in [-0.2, 0) is 22.5 Å². The molecule has 0 saturated carbocycles. The van der Waals surface area contributed by atoms with Gasteiger partial charge in [0.15, 0.2) is 5.82 Å². The van der Waals surface area contributed by atoms with Crippen molar-refractivity contribution in [1.82, 2.24) is 25.5 Å². The van der Waals surface area contributed by atoms with Crippen LogP contribution in [0.5, 0.6) is 0 Å². The Kier molecular flexibility index (Phi) is 7.57. The molecule has 0 aliphatic carbocycles. The molecule has 2 aliphatic heterocycles. The summed E-state index contributed by atoms with van der Waals surface area (Å²) >= 11 is 0. The van der Waals surface area contributed by atoms with Crippen LogP contribution >= 0.6 is 0 Å². The predicted molar refractivity (Wildman–Crippen MR) is 146 cm³/mol. The van der Waals surface area contributed by atoms with E-state index in [1.807, 2.05) is 20.8 Å². The maximum absolute atomic E-state index is 14.4. The Balaban J connectivity index is 1.19. The first-order valence-electron chi connectivity index (χ1n) is 13.2. The number of nitrogens with one attached hydrogen (secondary N) is 3. The number of hydrogen-bond donors (Lipinski definition) is 3. The summed E-state index contributed by atoms with van der Waals surface area (Å²) in [4.78, 5) is 47.1. The zero-order valence-electron chi connectivity index (χ0n) is 22.9. The monoisotopic (exact) mass is 564 g/mol. The lowest BCUT2D eigenvalue weighted by Crippen LogP contribution is -2.54. The van der Waals surface area contributed by atoms with Crippen molar-refractivity contribution in [2.75, 3.05) is 25.0 Å². The molecule has 3 amide bonds. The van der Waals surface area contributed by atoms with Gasteiger partial charge in [-0.25, -0.2) is 23.5 Å². The molecule has 41 heavy (non-hydrogen) atoms. The highest BCUT2D eigenvalue weighted by atomic mass is 19.1. The third-order valence-electron chi connectivity index (χ3n) is 6.59. The van der Waals surface area contributed by atoms with Crippen LogP contribution in [0.3, 0.4) is 0 Å². The third kappa shape index (κ3) is 6.42. The van der Waals surface area contributed by atoms with E-state index in [0.717, 1.165) is 17.7 Å².